The zero-order valence-electron chi connectivity index (χ0n) is 14.1. The normalized spacial score (nSPS) is 28.1. The summed E-state index contributed by atoms with van der Waals surface area (Å²) in [4.78, 5) is 12.7. The van der Waals surface area contributed by atoms with E-state index in [1.54, 1.807) is 0 Å². The standard InChI is InChI=1S/C19H19ClO7/c20-13-6-3-10(19-18(26)17(25)16(24)14(8-21)27-19)7-12(13)15(23)9-1-4-11(22)5-2-9/h1-7,14,16-19,21-22,24-26H,8H2/t14-,16-,17+,18-,19+/m1/s1. The molecule has 1 aliphatic rings. The fourth-order valence-electron chi connectivity index (χ4n) is 3.04. The van der Waals surface area contributed by atoms with Crippen molar-refractivity contribution in [3.8, 4) is 5.75 Å². The Labute approximate surface area is 160 Å². The summed E-state index contributed by atoms with van der Waals surface area (Å²) in [6.07, 6.45) is -6.57. The number of phenols is 1. The van der Waals surface area contributed by atoms with Gasteiger partial charge in [-0.15, -0.1) is 0 Å². The Morgan fingerprint density at radius 3 is 2.30 bits per heavy atom. The fourth-order valence-corrected chi connectivity index (χ4v) is 3.24. The number of aliphatic hydroxyl groups is 4. The van der Waals surface area contributed by atoms with E-state index >= 15 is 0 Å². The second kappa shape index (κ2) is 7.93. The quantitative estimate of drug-likeness (QED) is 0.485. The van der Waals surface area contributed by atoms with Crippen molar-refractivity contribution in [2.24, 2.45) is 0 Å². The SMILES string of the molecule is O=C(c1ccc(O)cc1)c1cc([C@@H]2O[C@H](CO)[C@@H](O)[C@H](O)[C@H]2O)ccc1Cl. The number of aliphatic hydroxyl groups excluding tert-OH is 4. The molecule has 0 bridgehead atoms. The lowest BCUT2D eigenvalue weighted by Crippen LogP contribution is -2.55. The number of carbonyl (C=O) groups is 1. The van der Waals surface area contributed by atoms with E-state index in [0.717, 1.165) is 0 Å². The lowest BCUT2D eigenvalue weighted by Gasteiger charge is -2.40. The molecule has 0 radical (unpaired) electrons. The zero-order chi connectivity index (χ0) is 19.7. The van der Waals surface area contributed by atoms with Gasteiger partial charge in [0.1, 0.15) is 36.3 Å². The van der Waals surface area contributed by atoms with Crippen LogP contribution in [0.15, 0.2) is 42.5 Å². The first-order valence-electron chi connectivity index (χ1n) is 8.27. The van der Waals surface area contributed by atoms with Crippen LogP contribution in [0.2, 0.25) is 5.02 Å². The molecule has 144 valence electrons. The third kappa shape index (κ3) is 3.84. The Bertz CT molecular complexity index is 821. The Morgan fingerprint density at radius 1 is 1.00 bits per heavy atom. The molecule has 5 atom stereocenters. The highest BCUT2D eigenvalue weighted by Gasteiger charge is 2.44. The first kappa shape index (κ1) is 19.8. The van der Waals surface area contributed by atoms with Gasteiger partial charge in [-0.1, -0.05) is 17.7 Å². The second-order valence-electron chi connectivity index (χ2n) is 6.36. The molecule has 1 heterocycles. The molecule has 0 aliphatic carbocycles. The number of ketones is 1. The van der Waals surface area contributed by atoms with E-state index in [0.29, 0.717) is 11.1 Å². The van der Waals surface area contributed by atoms with Crippen LogP contribution < -0.4 is 0 Å². The third-order valence-electron chi connectivity index (χ3n) is 4.59. The number of halogens is 1. The van der Waals surface area contributed by atoms with Crippen molar-refractivity contribution in [3.05, 3.63) is 64.2 Å². The van der Waals surface area contributed by atoms with Gasteiger partial charge in [-0.3, -0.25) is 4.79 Å². The molecule has 0 amide bonds. The molecular formula is C19H19ClO7. The van der Waals surface area contributed by atoms with Crippen molar-refractivity contribution in [2.45, 2.75) is 30.5 Å². The number of aromatic hydroxyl groups is 1. The summed E-state index contributed by atoms with van der Waals surface area (Å²) in [5, 5.41) is 49.0. The molecule has 27 heavy (non-hydrogen) atoms. The van der Waals surface area contributed by atoms with Gasteiger partial charge in [0.25, 0.3) is 0 Å². The zero-order valence-corrected chi connectivity index (χ0v) is 14.8. The summed E-state index contributed by atoms with van der Waals surface area (Å²) < 4.78 is 5.52. The Morgan fingerprint density at radius 2 is 1.67 bits per heavy atom. The maximum atomic E-state index is 12.7. The number of rotatable bonds is 4. The molecule has 2 aromatic carbocycles. The van der Waals surface area contributed by atoms with Crippen molar-refractivity contribution in [1.29, 1.82) is 0 Å². The van der Waals surface area contributed by atoms with Gasteiger partial charge in [0.15, 0.2) is 5.78 Å². The van der Waals surface area contributed by atoms with Gasteiger partial charge in [-0.25, -0.2) is 0 Å². The maximum Gasteiger partial charge on any atom is 0.194 e. The van der Waals surface area contributed by atoms with Gasteiger partial charge in [0.05, 0.1) is 11.6 Å². The average Bonchev–Trinajstić information content (AvgIpc) is 2.67. The Hall–Kier alpha value is -2.00. The van der Waals surface area contributed by atoms with E-state index in [2.05, 4.69) is 0 Å². The van der Waals surface area contributed by atoms with Gasteiger partial charge < -0.3 is 30.3 Å². The highest BCUT2D eigenvalue weighted by Crippen LogP contribution is 2.34. The van der Waals surface area contributed by atoms with Gasteiger partial charge in [-0.2, -0.15) is 0 Å². The van der Waals surface area contributed by atoms with E-state index in [-0.39, 0.29) is 16.3 Å². The summed E-state index contributed by atoms with van der Waals surface area (Å²) in [5.74, 6) is -0.376. The van der Waals surface area contributed by atoms with Crippen molar-refractivity contribution in [2.75, 3.05) is 6.61 Å². The molecule has 0 saturated carbocycles. The van der Waals surface area contributed by atoms with Gasteiger partial charge in [0.2, 0.25) is 0 Å². The number of phenolic OH excluding ortho intramolecular Hbond substituents is 1. The van der Waals surface area contributed by atoms with E-state index in [9.17, 15) is 30.3 Å². The lowest BCUT2D eigenvalue weighted by molar-refractivity contribution is -0.231. The summed E-state index contributed by atoms with van der Waals surface area (Å²) in [7, 11) is 0. The Balaban J connectivity index is 1.95. The van der Waals surface area contributed by atoms with Crippen LogP contribution in [0.3, 0.4) is 0 Å². The van der Waals surface area contributed by atoms with E-state index in [1.165, 1.54) is 42.5 Å². The molecule has 8 heteroatoms. The molecule has 0 unspecified atom stereocenters. The van der Waals surface area contributed by atoms with Crippen LogP contribution in [-0.2, 0) is 4.74 Å². The topological polar surface area (TPSA) is 127 Å². The molecule has 7 nitrogen and oxygen atoms in total. The van der Waals surface area contributed by atoms with Crippen molar-refractivity contribution in [1.82, 2.24) is 0 Å². The molecule has 2 aromatic rings. The van der Waals surface area contributed by atoms with Crippen LogP contribution in [0, 0.1) is 0 Å². The van der Waals surface area contributed by atoms with Crippen LogP contribution in [-0.4, -0.2) is 62.3 Å². The third-order valence-corrected chi connectivity index (χ3v) is 4.91. The molecule has 0 spiro atoms. The summed E-state index contributed by atoms with van der Waals surface area (Å²) in [6, 6.07) is 10.1. The van der Waals surface area contributed by atoms with Crippen LogP contribution >= 0.6 is 11.6 Å². The highest BCUT2D eigenvalue weighted by atomic mass is 35.5. The van der Waals surface area contributed by atoms with E-state index < -0.39 is 42.9 Å². The van der Waals surface area contributed by atoms with E-state index in [1.807, 2.05) is 0 Å². The smallest absolute Gasteiger partial charge is 0.194 e. The first-order valence-corrected chi connectivity index (χ1v) is 8.65. The number of hydrogen-bond acceptors (Lipinski definition) is 7. The number of ether oxygens (including phenoxy) is 1. The van der Waals surface area contributed by atoms with Crippen LogP contribution in [0.4, 0.5) is 0 Å². The van der Waals surface area contributed by atoms with Gasteiger partial charge in [-0.05, 0) is 42.0 Å². The summed E-state index contributed by atoms with van der Waals surface area (Å²) >= 11 is 6.15. The number of carbonyl (C=O) groups excluding carboxylic acids is 1. The van der Waals surface area contributed by atoms with Gasteiger partial charge in [0, 0.05) is 11.1 Å². The molecule has 1 aliphatic heterocycles. The first-order chi connectivity index (χ1) is 12.8. The van der Waals surface area contributed by atoms with Gasteiger partial charge >= 0.3 is 0 Å². The fraction of sp³-hybridized carbons (Fsp3) is 0.316. The summed E-state index contributed by atoms with van der Waals surface area (Å²) in [6.45, 7) is -0.547. The number of benzene rings is 2. The number of hydrogen-bond donors (Lipinski definition) is 5. The predicted molar refractivity (Wildman–Crippen MR) is 95.7 cm³/mol. The second-order valence-corrected chi connectivity index (χ2v) is 6.77. The predicted octanol–water partition coefficient (Wildman–Crippen LogP) is 0.791. The molecule has 3 rings (SSSR count). The Kier molecular flexibility index (Phi) is 5.81. The van der Waals surface area contributed by atoms with Crippen LogP contribution in [0.5, 0.6) is 5.75 Å². The highest BCUT2D eigenvalue weighted by molar-refractivity contribution is 6.35. The summed E-state index contributed by atoms with van der Waals surface area (Å²) in [5.41, 5.74) is 0.816. The molecule has 1 saturated heterocycles. The largest absolute Gasteiger partial charge is 0.508 e. The monoisotopic (exact) mass is 394 g/mol. The minimum atomic E-state index is -1.52. The lowest BCUT2D eigenvalue weighted by atomic mass is 9.90. The molecular weight excluding hydrogens is 376 g/mol. The molecule has 5 N–H and O–H groups in total. The minimum Gasteiger partial charge on any atom is -0.508 e. The van der Waals surface area contributed by atoms with E-state index in [4.69, 9.17) is 16.3 Å². The van der Waals surface area contributed by atoms with Crippen molar-refractivity contribution < 1.29 is 35.1 Å². The average molecular weight is 395 g/mol. The minimum absolute atomic E-state index is 0.0210. The molecule has 1 fully saturated rings. The van der Waals surface area contributed by atoms with Crippen LogP contribution in [0.1, 0.15) is 27.6 Å². The molecule has 0 aromatic heterocycles. The maximum absolute atomic E-state index is 12.7. The van der Waals surface area contributed by atoms with Crippen molar-refractivity contribution >= 4 is 17.4 Å². The van der Waals surface area contributed by atoms with Crippen LogP contribution in [0.25, 0.3) is 0 Å². The van der Waals surface area contributed by atoms with Crippen molar-refractivity contribution in [3.63, 3.8) is 0 Å².